The number of hydrogen-bond acceptors (Lipinski definition) is 1. The Balaban J connectivity index is 2.60. The summed E-state index contributed by atoms with van der Waals surface area (Å²) in [5, 5.41) is 0.734. The van der Waals surface area contributed by atoms with Gasteiger partial charge >= 0.3 is 0 Å². The number of rotatable bonds is 1. The Bertz CT molecular complexity index is 203. The van der Waals surface area contributed by atoms with E-state index in [1.165, 1.54) is 0 Å². The van der Waals surface area contributed by atoms with Crippen LogP contribution in [0.1, 0.15) is 13.3 Å². The van der Waals surface area contributed by atoms with Crippen molar-refractivity contribution in [1.82, 2.24) is 0 Å². The third kappa shape index (κ3) is 1.71. The number of carbonyl (C=O) groups excluding carboxylic acids is 1. The van der Waals surface area contributed by atoms with E-state index < -0.39 is 0 Å². The zero-order valence-electron chi connectivity index (χ0n) is 5.80. The highest BCUT2D eigenvalue weighted by atomic mass is 35.5. The zero-order valence-corrected chi connectivity index (χ0v) is 6.56. The lowest BCUT2D eigenvalue weighted by molar-refractivity contribution is -0.119. The lowest BCUT2D eigenvalue weighted by Crippen LogP contribution is -2.08. The fourth-order valence-electron chi connectivity index (χ4n) is 0.896. The van der Waals surface area contributed by atoms with Crippen molar-refractivity contribution in [1.29, 1.82) is 0 Å². The Labute approximate surface area is 65.4 Å². The van der Waals surface area contributed by atoms with E-state index in [1.54, 1.807) is 13.0 Å². The van der Waals surface area contributed by atoms with Crippen molar-refractivity contribution in [3.63, 3.8) is 0 Å². The second-order valence-electron chi connectivity index (χ2n) is 2.40. The number of Topliss-reactive ketones (excluding diaryl/α,β-unsaturated/α-hetero) is 1. The van der Waals surface area contributed by atoms with Crippen LogP contribution in [0.25, 0.3) is 0 Å². The SMILES string of the molecule is CC(=O)C1C=CC(Cl)=CC1. The molecule has 10 heavy (non-hydrogen) atoms. The predicted octanol–water partition coefficient (Wildman–Crippen LogP) is 2.27. The highest BCUT2D eigenvalue weighted by Crippen LogP contribution is 2.18. The molecule has 54 valence electrons. The van der Waals surface area contributed by atoms with Crippen molar-refractivity contribution in [3.05, 3.63) is 23.3 Å². The summed E-state index contributed by atoms with van der Waals surface area (Å²) in [6, 6.07) is 0. The van der Waals surface area contributed by atoms with Gasteiger partial charge < -0.3 is 0 Å². The van der Waals surface area contributed by atoms with Crippen LogP contribution in [0.4, 0.5) is 0 Å². The van der Waals surface area contributed by atoms with Crippen molar-refractivity contribution in [2.24, 2.45) is 5.92 Å². The molecule has 0 spiro atoms. The highest BCUT2D eigenvalue weighted by Gasteiger charge is 2.11. The van der Waals surface area contributed by atoms with E-state index >= 15 is 0 Å². The maximum absolute atomic E-state index is 10.8. The van der Waals surface area contributed by atoms with Gasteiger partial charge in [-0.3, -0.25) is 4.79 Å². The topological polar surface area (TPSA) is 17.1 Å². The van der Waals surface area contributed by atoms with Gasteiger partial charge in [0, 0.05) is 11.0 Å². The minimum absolute atomic E-state index is 0.0579. The van der Waals surface area contributed by atoms with Crippen molar-refractivity contribution in [3.8, 4) is 0 Å². The van der Waals surface area contributed by atoms with Crippen molar-refractivity contribution >= 4 is 17.4 Å². The van der Waals surface area contributed by atoms with Gasteiger partial charge in [0.2, 0.25) is 0 Å². The molecule has 1 aliphatic rings. The molecule has 0 amide bonds. The molecule has 1 unspecified atom stereocenters. The molecule has 0 radical (unpaired) electrons. The van der Waals surface area contributed by atoms with E-state index in [1.807, 2.05) is 12.2 Å². The molecule has 0 N–H and O–H groups in total. The first-order chi connectivity index (χ1) is 4.70. The molecule has 0 saturated carbocycles. The standard InChI is InChI=1S/C8H9ClO/c1-6(10)7-2-4-8(9)5-3-7/h2,4-5,7H,3H2,1H3. The van der Waals surface area contributed by atoms with Crippen LogP contribution in [0.5, 0.6) is 0 Å². The van der Waals surface area contributed by atoms with Crippen LogP contribution in [0.15, 0.2) is 23.3 Å². The van der Waals surface area contributed by atoms with E-state index in [0.29, 0.717) is 0 Å². The number of allylic oxidation sites excluding steroid dienone is 4. The number of carbonyl (C=O) groups is 1. The summed E-state index contributed by atoms with van der Waals surface area (Å²) in [5.74, 6) is 0.263. The third-order valence-corrected chi connectivity index (χ3v) is 1.86. The molecule has 0 aromatic rings. The Morgan fingerprint density at radius 2 is 2.50 bits per heavy atom. The first kappa shape index (κ1) is 7.55. The van der Waals surface area contributed by atoms with E-state index in [-0.39, 0.29) is 11.7 Å². The largest absolute Gasteiger partial charge is 0.299 e. The molecule has 0 aromatic heterocycles. The summed E-state index contributed by atoms with van der Waals surface area (Å²) in [6.45, 7) is 1.60. The highest BCUT2D eigenvalue weighted by molar-refractivity contribution is 6.31. The summed E-state index contributed by atoms with van der Waals surface area (Å²) in [6.07, 6.45) is 6.25. The first-order valence-corrected chi connectivity index (χ1v) is 3.62. The van der Waals surface area contributed by atoms with Crippen molar-refractivity contribution in [2.45, 2.75) is 13.3 Å². The quantitative estimate of drug-likeness (QED) is 0.569. The zero-order chi connectivity index (χ0) is 7.56. The average Bonchev–Trinajstić information content (AvgIpc) is 1.88. The maximum Gasteiger partial charge on any atom is 0.136 e. The van der Waals surface area contributed by atoms with Crippen LogP contribution in [0, 0.1) is 5.92 Å². The van der Waals surface area contributed by atoms with E-state index in [9.17, 15) is 4.79 Å². The molecular weight excluding hydrogens is 148 g/mol. The van der Waals surface area contributed by atoms with Gasteiger partial charge in [0.25, 0.3) is 0 Å². The Hall–Kier alpha value is -0.560. The summed E-state index contributed by atoms with van der Waals surface area (Å²) in [7, 11) is 0. The van der Waals surface area contributed by atoms with Gasteiger partial charge in [0.15, 0.2) is 0 Å². The summed E-state index contributed by atoms with van der Waals surface area (Å²) in [4.78, 5) is 10.8. The molecule has 0 heterocycles. The van der Waals surface area contributed by atoms with Gasteiger partial charge in [-0.25, -0.2) is 0 Å². The second kappa shape index (κ2) is 3.02. The van der Waals surface area contributed by atoms with Crippen molar-refractivity contribution < 1.29 is 4.79 Å². The molecule has 0 fully saturated rings. The molecule has 1 nitrogen and oxygen atoms in total. The van der Waals surface area contributed by atoms with Gasteiger partial charge in [0.1, 0.15) is 5.78 Å². The molecule has 1 atom stereocenters. The van der Waals surface area contributed by atoms with Crippen LogP contribution in [-0.4, -0.2) is 5.78 Å². The molecule has 0 aromatic carbocycles. The van der Waals surface area contributed by atoms with Gasteiger partial charge in [-0.15, -0.1) is 0 Å². The lowest BCUT2D eigenvalue weighted by Gasteiger charge is -2.08. The minimum Gasteiger partial charge on any atom is -0.299 e. The average molecular weight is 157 g/mol. The number of hydrogen-bond donors (Lipinski definition) is 0. The van der Waals surface area contributed by atoms with Gasteiger partial charge in [-0.1, -0.05) is 23.8 Å². The summed E-state index contributed by atoms with van der Waals surface area (Å²) < 4.78 is 0. The van der Waals surface area contributed by atoms with E-state index in [2.05, 4.69) is 0 Å². The second-order valence-corrected chi connectivity index (χ2v) is 2.84. The number of halogens is 1. The van der Waals surface area contributed by atoms with Crippen molar-refractivity contribution in [2.75, 3.05) is 0 Å². The molecule has 0 saturated heterocycles. The Morgan fingerprint density at radius 3 is 2.90 bits per heavy atom. The van der Waals surface area contributed by atoms with Crippen LogP contribution in [0.2, 0.25) is 0 Å². The molecular formula is C8H9ClO. The van der Waals surface area contributed by atoms with Crippen LogP contribution in [-0.2, 0) is 4.79 Å². The van der Waals surface area contributed by atoms with Crippen LogP contribution < -0.4 is 0 Å². The predicted molar refractivity (Wildman–Crippen MR) is 41.9 cm³/mol. The first-order valence-electron chi connectivity index (χ1n) is 3.24. The summed E-state index contributed by atoms with van der Waals surface area (Å²) in [5.41, 5.74) is 0. The van der Waals surface area contributed by atoms with E-state index in [0.717, 1.165) is 11.5 Å². The fraction of sp³-hybridized carbons (Fsp3) is 0.375. The fourth-order valence-corrected chi connectivity index (χ4v) is 1.06. The van der Waals surface area contributed by atoms with Crippen LogP contribution in [0.3, 0.4) is 0 Å². The normalized spacial score (nSPS) is 24.2. The molecule has 1 rings (SSSR count). The smallest absolute Gasteiger partial charge is 0.136 e. The molecule has 2 heteroatoms. The molecule has 1 aliphatic carbocycles. The van der Waals surface area contributed by atoms with E-state index in [4.69, 9.17) is 11.6 Å². The number of ketones is 1. The lowest BCUT2D eigenvalue weighted by atomic mass is 9.97. The van der Waals surface area contributed by atoms with Gasteiger partial charge in [-0.2, -0.15) is 0 Å². The molecule has 0 aliphatic heterocycles. The summed E-state index contributed by atoms with van der Waals surface area (Å²) >= 11 is 5.65. The van der Waals surface area contributed by atoms with Crippen LogP contribution >= 0.6 is 11.6 Å². The maximum atomic E-state index is 10.8. The Morgan fingerprint density at radius 1 is 1.80 bits per heavy atom. The van der Waals surface area contributed by atoms with Gasteiger partial charge in [0.05, 0.1) is 0 Å². The monoisotopic (exact) mass is 156 g/mol. The molecule has 0 bridgehead atoms. The third-order valence-electron chi connectivity index (χ3n) is 1.58. The minimum atomic E-state index is 0.0579. The Kier molecular flexibility index (Phi) is 2.28. The van der Waals surface area contributed by atoms with Gasteiger partial charge in [-0.05, 0) is 19.4 Å².